The number of halogens is 1. The van der Waals surface area contributed by atoms with Gasteiger partial charge < -0.3 is 10.6 Å². The number of aryl methyl sites for hydroxylation is 3. The van der Waals surface area contributed by atoms with Gasteiger partial charge in [0.05, 0.1) is 0 Å². The molecule has 1 aromatic heterocycles. The van der Waals surface area contributed by atoms with Crippen LogP contribution in [0.2, 0.25) is 0 Å². The highest BCUT2D eigenvalue weighted by Crippen LogP contribution is 2.24. The predicted molar refractivity (Wildman–Crippen MR) is 103 cm³/mol. The van der Waals surface area contributed by atoms with Crippen molar-refractivity contribution in [3.8, 4) is 0 Å². The van der Waals surface area contributed by atoms with Crippen LogP contribution in [0.3, 0.4) is 0 Å². The zero-order valence-electron chi connectivity index (χ0n) is 13.9. The molecular weight excluding hydrogens is 364 g/mol. The van der Waals surface area contributed by atoms with Crippen LogP contribution in [0.15, 0.2) is 53.0 Å². The van der Waals surface area contributed by atoms with E-state index < -0.39 is 0 Å². The quantitative estimate of drug-likeness (QED) is 0.611. The number of hydrogen-bond donors (Lipinski definition) is 2. The van der Waals surface area contributed by atoms with Crippen molar-refractivity contribution >= 4 is 39.1 Å². The molecule has 0 amide bonds. The highest BCUT2D eigenvalue weighted by atomic mass is 79.9. The Hall–Kier alpha value is -2.40. The van der Waals surface area contributed by atoms with Crippen molar-refractivity contribution in [3.63, 3.8) is 0 Å². The van der Waals surface area contributed by atoms with Gasteiger partial charge in [0.2, 0.25) is 5.95 Å². The first kappa shape index (κ1) is 16.5. The van der Waals surface area contributed by atoms with Crippen molar-refractivity contribution in [2.45, 2.75) is 20.8 Å². The Bertz CT molecular complexity index is 877. The third-order valence-electron chi connectivity index (χ3n) is 3.69. The Kier molecular flexibility index (Phi) is 4.81. The molecule has 0 saturated carbocycles. The molecule has 3 rings (SSSR count). The molecule has 0 aliphatic rings. The van der Waals surface area contributed by atoms with E-state index in [1.54, 1.807) is 0 Å². The summed E-state index contributed by atoms with van der Waals surface area (Å²) in [6.45, 7) is 6.08. The van der Waals surface area contributed by atoms with Crippen LogP contribution in [0, 0.1) is 20.8 Å². The number of para-hydroxylation sites is 1. The number of nitrogens with zero attached hydrogens (tertiary/aromatic N) is 2. The van der Waals surface area contributed by atoms with Gasteiger partial charge in [0.15, 0.2) is 0 Å². The fourth-order valence-electron chi connectivity index (χ4n) is 2.34. The first-order valence-electron chi connectivity index (χ1n) is 7.73. The minimum absolute atomic E-state index is 0.571. The summed E-state index contributed by atoms with van der Waals surface area (Å²) in [6, 6.07) is 16.2. The first-order chi connectivity index (χ1) is 11.5. The molecular formula is C19H19BrN4. The topological polar surface area (TPSA) is 49.8 Å². The molecule has 0 unspecified atom stereocenters. The van der Waals surface area contributed by atoms with Gasteiger partial charge in [-0.3, -0.25) is 0 Å². The molecule has 1 heterocycles. The second-order valence-electron chi connectivity index (χ2n) is 5.75. The highest BCUT2D eigenvalue weighted by molar-refractivity contribution is 9.10. The van der Waals surface area contributed by atoms with Gasteiger partial charge in [-0.15, -0.1) is 0 Å². The number of rotatable bonds is 4. The third-order valence-corrected chi connectivity index (χ3v) is 4.54. The van der Waals surface area contributed by atoms with Crippen LogP contribution < -0.4 is 10.6 Å². The summed E-state index contributed by atoms with van der Waals surface area (Å²) in [5.74, 6) is 1.34. The molecule has 0 spiro atoms. The molecule has 0 atom stereocenters. The van der Waals surface area contributed by atoms with E-state index in [1.807, 2.05) is 43.3 Å². The summed E-state index contributed by atoms with van der Waals surface area (Å²) in [5.41, 5.74) is 5.24. The van der Waals surface area contributed by atoms with Gasteiger partial charge in [0, 0.05) is 27.6 Å². The normalized spacial score (nSPS) is 10.5. The van der Waals surface area contributed by atoms with Crippen molar-refractivity contribution in [3.05, 3.63) is 69.8 Å². The number of hydrogen-bond acceptors (Lipinski definition) is 4. The van der Waals surface area contributed by atoms with Gasteiger partial charge in [-0.05, 0) is 50.1 Å². The van der Waals surface area contributed by atoms with Gasteiger partial charge in [0.25, 0.3) is 0 Å². The Balaban J connectivity index is 1.86. The standard InChI is InChI=1S/C19H19BrN4/c1-12-8-9-15(11-16(12)20)22-19-21-14(3)10-18(24-19)23-17-7-5-4-6-13(17)2/h4-11H,1-3H3,(H2,21,22,23,24). The molecule has 0 fully saturated rings. The Labute approximate surface area is 150 Å². The zero-order chi connectivity index (χ0) is 17.1. The summed E-state index contributed by atoms with van der Waals surface area (Å²) in [5, 5.41) is 6.62. The summed E-state index contributed by atoms with van der Waals surface area (Å²) >= 11 is 3.55. The SMILES string of the molecule is Cc1cc(Nc2ccccc2C)nc(Nc2ccc(C)c(Br)c2)n1. The fourth-order valence-corrected chi connectivity index (χ4v) is 2.72. The predicted octanol–water partition coefficient (Wildman–Crippen LogP) is 5.65. The maximum atomic E-state index is 4.57. The van der Waals surface area contributed by atoms with Crippen molar-refractivity contribution < 1.29 is 0 Å². The van der Waals surface area contributed by atoms with Gasteiger partial charge in [-0.25, -0.2) is 4.98 Å². The maximum Gasteiger partial charge on any atom is 0.229 e. The van der Waals surface area contributed by atoms with Crippen LogP contribution in [0.1, 0.15) is 16.8 Å². The Morgan fingerprint density at radius 2 is 1.62 bits per heavy atom. The lowest BCUT2D eigenvalue weighted by Crippen LogP contribution is -2.03. The maximum absolute atomic E-state index is 4.57. The minimum atomic E-state index is 0.571. The third kappa shape index (κ3) is 3.92. The van der Waals surface area contributed by atoms with E-state index in [-0.39, 0.29) is 0 Å². The van der Waals surface area contributed by atoms with Gasteiger partial charge in [0.1, 0.15) is 5.82 Å². The number of nitrogens with one attached hydrogen (secondary N) is 2. The van der Waals surface area contributed by atoms with Crippen LogP contribution in [0.4, 0.5) is 23.1 Å². The Morgan fingerprint density at radius 1 is 0.833 bits per heavy atom. The minimum Gasteiger partial charge on any atom is -0.340 e. The number of aromatic nitrogens is 2. The van der Waals surface area contributed by atoms with Crippen molar-refractivity contribution in [1.29, 1.82) is 0 Å². The van der Waals surface area contributed by atoms with E-state index in [0.29, 0.717) is 5.95 Å². The molecule has 5 heteroatoms. The lowest BCUT2D eigenvalue weighted by Gasteiger charge is -2.12. The molecule has 0 radical (unpaired) electrons. The largest absolute Gasteiger partial charge is 0.340 e. The molecule has 122 valence electrons. The second-order valence-corrected chi connectivity index (χ2v) is 6.60. The molecule has 0 aliphatic carbocycles. The van der Waals surface area contributed by atoms with Crippen molar-refractivity contribution in [2.75, 3.05) is 10.6 Å². The van der Waals surface area contributed by atoms with Crippen LogP contribution in [0.25, 0.3) is 0 Å². The van der Waals surface area contributed by atoms with Gasteiger partial charge in [-0.2, -0.15) is 4.98 Å². The van der Waals surface area contributed by atoms with Crippen LogP contribution >= 0.6 is 15.9 Å². The molecule has 2 N–H and O–H groups in total. The molecule has 4 nitrogen and oxygen atoms in total. The highest BCUT2D eigenvalue weighted by Gasteiger charge is 2.05. The van der Waals surface area contributed by atoms with E-state index in [0.717, 1.165) is 27.4 Å². The van der Waals surface area contributed by atoms with E-state index in [9.17, 15) is 0 Å². The van der Waals surface area contributed by atoms with E-state index in [1.165, 1.54) is 11.1 Å². The molecule has 0 saturated heterocycles. The average Bonchev–Trinajstić information content (AvgIpc) is 2.53. The lowest BCUT2D eigenvalue weighted by molar-refractivity contribution is 1.11. The average molecular weight is 383 g/mol. The van der Waals surface area contributed by atoms with Crippen molar-refractivity contribution in [2.24, 2.45) is 0 Å². The summed E-state index contributed by atoms with van der Waals surface area (Å²) in [7, 11) is 0. The van der Waals surface area contributed by atoms with Gasteiger partial charge in [-0.1, -0.05) is 40.2 Å². The lowest BCUT2D eigenvalue weighted by atomic mass is 10.2. The monoisotopic (exact) mass is 382 g/mol. The molecule has 2 aromatic carbocycles. The first-order valence-corrected chi connectivity index (χ1v) is 8.52. The zero-order valence-corrected chi connectivity index (χ0v) is 15.5. The fraction of sp³-hybridized carbons (Fsp3) is 0.158. The van der Waals surface area contributed by atoms with Crippen LogP contribution in [0.5, 0.6) is 0 Å². The molecule has 0 bridgehead atoms. The number of anilines is 4. The molecule has 24 heavy (non-hydrogen) atoms. The summed E-state index contributed by atoms with van der Waals surface area (Å²) in [6.07, 6.45) is 0. The van der Waals surface area contributed by atoms with Crippen LogP contribution in [-0.2, 0) is 0 Å². The van der Waals surface area contributed by atoms with Crippen LogP contribution in [-0.4, -0.2) is 9.97 Å². The van der Waals surface area contributed by atoms with E-state index in [4.69, 9.17) is 0 Å². The van der Waals surface area contributed by atoms with E-state index in [2.05, 4.69) is 62.5 Å². The summed E-state index contributed by atoms with van der Waals surface area (Å²) in [4.78, 5) is 9.04. The smallest absolute Gasteiger partial charge is 0.229 e. The second kappa shape index (κ2) is 7.01. The summed E-state index contributed by atoms with van der Waals surface area (Å²) < 4.78 is 1.05. The molecule has 3 aromatic rings. The van der Waals surface area contributed by atoms with Crippen molar-refractivity contribution in [1.82, 2.24) is 9.97 Å². The van der Waals surface area contributed by atoms with E-state index >= 15 is 0 Å². The Morgan fingerprint density at radius 3 is 2.38 bits per heavy atom. The molecule has 0 aliphatic heterocycles. The number of benzene rings is 2. The van der Waals surface area contributed by atoms with Gasteiger partial charge >= 0.3 is 0 Å².